The second kappa shape index (κ2) is 4.48. The highest BCUT2D eigenvalue weighted by Gasteiger charge is 2.10. The fourth-order valence-corrected chi connectivity index (χ4v) is 3.03. The molecular weight excluding hydrogens is 258 g/mol. The molecule has 0 atom stereocenters. The molecule has 0 amide bonds. The van der Waals surface area contributed by atoms with E-state index in [-0.39, 0.29) is 5.56 Å². The molecule has 0 aliphatic carbocycles. The third-order valence-corrected chi connectivity index (χ3v) is 4.05. The van der Waals surface area contributed by atoms with Gasteiger partial charge in [-0.25, -0.2) is 9.78 Å². The Morgan fingerprint density at radius 3 is 2.74 bits per heavy atom. The lowest BCUT2D eigenvalue weighted by Crippen LogP contribution is -1.95. The Morgan fingerprint density at radius 2 is 2.00 bits per heavy atom. The molecule has 3 nitrogen and oxygen atoms in total. The molecule has 0 saturated carbocycles. The lowest BCUT2D eigenvalue weighted by atomic mass is 10.1. The summed E-state index contributed by atoms with van der Waals surface area (Å²) in [6, 6.07) is 13.0. The molecular formula is C15H11NO2S. The van der Waals surface area contributed by atoms with Gasteiger partial charge in [0.1, 0.15) is 5.01 Å². The highest BCUT2D eigenvalue weighted by atomic mass is 32.1. The van der Waals surface area contributed by atoms with Crippen LogP contribution in [0.15, 0.2) is 42.5 Å². The topological polar surface area (TPSA) is 50.2 Å². The lowest BCUT2D eigenvalue weighted by molar-refractivity contribution is 0.0697. The first kappa shape index (κ1) is 11.9. The van der Waals surface area contributed by atoms with Crippen LogP contribution < -0.4 is 0 Å². The summed E-state index contributed by atoms with van der Waals surface area (Å²) in [5.74, 6) is -0.917. The molecule has 0 fully saturated rings. The number of nitrogens with zero attached hydrogens (tertiary/aromatic N) is 1. The number of aryl methyl sites for hydroxylation is 1. The van der Waals surface area contributed by atoms with Crippen LogP contribution >= 0.6 is 11.3 Å². The minimum Gasteiger partial charge on any atom is -0.478 e. The summed E-state index contributed by atoms with van der Waals surface area (Å²) < 4.78 is 1.12. The molecule has 3 aromatic rings. The van der Waals surface area contributed by atoms with Crippen molar-refractivity contribution >= 4 is 27.5 Å². The number of hydrogen-bond donors (Lipinski definition) is 1. The van der Waals surface area contributed by atoms with Gasteiger partial charge in [-0.3, -0.25) is 0 Å². The van der Waals surface area contributed by atoms with E-state index in [1.807, 2.05) is 31.2 Å². The van der Waals surface area contributed by atoms with Crippen molar-refractivity contribution in [1.29, 1.82) is 0 Å². The Hall–Kier alpha value is -2.20. The van der Waals surface area contributed by atoms with Gasteiger partial charge in [-0.05, 0) is 30.7 Å². The van der Waals surface area contributed by atoms with Crippen LogP contribution in [0.2, 0.25) is 0 Å². The van der Waals surface area contributed by atoms with E-state index in [1.54, 1.807) is 29.5 Å². The number of carboxylic acids is 1. The summed E-state index contributed by atoms with van der Waals surface area (Å²) in [5.41, 5.74) is 3.26. The van der Waals surface area contributed by atoms with Crippen LogP contribution in [0.25, 0.3) is 20.8 Å². The normalized spacial score (nSPS) is 10.8. The summed E-state index contributed by atoms with van der Waals surface area (Å²) in [7, 11) is 0. The zero-order chi connectivity index (χ0) is 13.4. The predicted molar refractivity (Wildman–Crippen MR) is 76.8 cm³/mol. The standard InChI is InChI=1S/C15H11NO2S/c1-9-4-2-7-12-13(9)16-14(19-12)10-5-3-6-11(8-10)15(17)18/h2-8H,1H3,(H,17,18). The van der Waals surface area contributed by atoms with Crippen molar-refractivity contribution in [2.75, 3.05) is 0 Å². The quantitative estimate of drug-likeness (QED) is 0.765. The van der Waals surface area contributed by atoms with E-state index in [0.717, 1.165) is 26.4 Å². The number of thiazole rings is 1. The number of carbonyl (C=O) groups is 1. The van der Waals surface area contributed by atoms with E-state index >= 15 is 0 Å². The largest absolute Gasteiger partial charge is 0.478 e. The number of hydrogen-bond acceptors (Lipinski definition) is 3. The Morgan fingerprint density at radius 1 is 1.21 bits per heavy atom. The second-order valence-corrected chi connectivity index (χ2v) is 5.36. The summed E-state index contributed by atoms with van der Waals surface area (Å²) in [4.78, 5) is 15.6. The van der Waals surface area contributed by atoms with E-state index in [2.05, 4.69) is 4.98 Å². The van der Waals surface area contributed by atoms with Gasteiger partial charge in [0, 0.05) is 5.56 Å². The number of rotatable bonds is 2. The van der Waals surface area contributed by atoms with E-state index in [4.69, 9.17) is 5.11 Å². The Kier molecular flexibility index (Phi) is 2.80. The first-order valence-corrected chi connectivity index (χ1v) is 6.67. The third kappa shape index (κ3) is 2.11. The van der Waals surface area contributed by atoms with Crippen molar-refractivity contribution in [3.8, 4) is 10.6 Å². The smallest absolute Gasteiger partial charge is 0.335 e. The molecule has 94 valence electrons. The molecule has 0 bridgehead atoms. The third-order valence-electron chi connectivity index (χ3n) is 2.98. The maximum absolute atomic E-state index is 11.0. The monoisotopic (exact) mass is 269 g/mol. The Labute approximate surface area is 114 Å². The molecule has 3 rings (SSSR count). The molecule has 0 aliphatic rings. The maximum Gasteiger partial charge on any atom is 0.335 e. The molecule has 0 unspecified atom stereocenters. The number of aromatic nitrogens is 1. The molecule has 4 heteroatoms. The summed E-state index contributed by atoms with van der Waals surface area (Å²) in [6.45, 7) is 2.03. The van der Waals surface area contributed by atoms with Gasteiger partial charge in [-0.1, -0.05) is 24.3 Å². The molecule has 19 heavy (non-hydrogen) atoms. The number of para-hydroxylation sites is 1. The van der Waals surface area contributed by atoms with E-state index in [9.17, 15) is 4.79 Å². The Balaban J connectivity index is 2.16. The molecule has 1 N–H and O–H groups in total. The average Bonchev–Trinajstić information content (AvgIpc) is 2.84. The van der Waals surface area contributed by atoms with Gasteiger partial charge in [0.25, 0.3) is 0 Å². The molecule has 1 heterocycles. The highest BCUT2D eigenvalue weighted by Crippen LogP contribution is 2.31. The van der Waals surface area contributed by atoms with Crippen molar-refractivity contribution in [2.45, 2.75) is 6.92 Å². The molecule has 0 aliphatic heterocycles. The Bertz CT molecular complexity index is 777. The SMILES string of the molecule is Cc1cccc2sc(-c3cccc(C(=O)O)c3)nc12. The number of fused-ring (bicyclic) bond motifs is 1. The summed E-state index contributed by atoms with van der Waals surface area (Å²) in [6.07, 6.45) is 0. The van der Waals surface area contributed by atoms with Crippen LogP contribution in [0.1, 0.15) is 15.9 Å². The van der Waals surface area contributed by atoms with Crippen LogP contribution in [0.5, 0.6) is 0 Å². The summed E-state index contributed by atoms with van der Waals surface area (Å²) >= 11 is 1.58. The van der Waals surface area contributed by atoms with E-state index in [0.29, 0.717) is 0 Å². The van der Waals surface area contributed by atoms with E-state index in [1.165, 1.54) is 0 Å². The number of benzene rings is 2. The fourth-order valence-electron chi connectivity index (χ4n) is 1.99. The fraction of sp³-hybridized carbons (Fsp3) is 0.0667. The van der Waals surface area contributed by atoms with Crippen molar-refractivity contribution in [2.24, 2.45) is 0 Å². The first-order chi connectivity index (χ1) is 9.15. The van der Waals surface area contributed by atoms with Gasteiger partial charge in [-0.2, -0.15) is 0 Å². The van der Waals surface area contributed by atoms with Crippen LogP contribution in [0.4, 0.5) is 0 Å². The molecule has 0 radical (unpaired) electrons. The van der Waals surface area contributed by atoms with Gasteiger partial charge in [0.15, 0.2) is 0 Å². The van der Waals surface area contributed by atoms with Crippen LogP contribution in [-0.2, 0) is 0 Å². The predicted octanol–water partition coefficient (Wildman–Crippen LogP) is 3.97. The minimum atomic E-state index is -0.917. The van der Waals surface area contributed by atoms with Crippen LogP contribution in [0, 0.1) is 6.92 Å². The zero-order valence-corrected chi connectivity index (χ0v) is 11.1. The van der Waals surface area contributed by atoms with Gasteiger partial charge in [0.05, 0.1) is 15.8 Å². The summed E-state index contributed by atoms with van der Waals surface area (Å²) in [5, 5.41) is 9.88. The van der Waals surface area contributed by atoms with Crippen LogP contribution in [-0.4, -0.2) is 16.1 Å². The number of aromatic carboxylic acids is 1. The van der Waals surface area contributed by atoms with Crippen molar-refractivity contribution < 1.29 is 9.90 Å². The highest BCUT2D eigenvalue weighted by molar-refractivity contribution is 7.21. The van der Waals surface area contributed by atoms with E-state index < -0.39 is 5.97 Å². The molecule has 0 spiro atoms. The number of carboxylic acid groups (broad SMARTS) is 1. The maximum atomic E-state index is 11.0. The van der Waals surface area contributed by atoms with Crippen molar-refractivity contribution in [3.63, 3.8) is 0 Å². The zero-order valence-electron chi connectivity index (χ0n) is 10.3. The lowest BCUT2D eigenvalue weighted by Gasteiger charge is -1.98. The minimum absolute atomic E-state index is 0.286. The second-order valence-electron chi connectivity index (χ2n) is 4.33. The van der Waals surface area contributed by atoms with Crippen LogP contribution in [0.3, 0.4) is 0 Å². The molecule has 2 aromatic carbocycles. The van der Waals surface area contributed by atoms with Gasteiger partial charge < -0.3 is 5.11 Å². The van der Waals surface area contributed by atoms with Gasteiger partial charge in [-0.15, -0.1) is 11.3 Å². The molecule has 1 aromatic heterocycles. The average molecular weight is 269 g/mol. The molecule has 0 saturated heterocycles. The van der Waals surface area contributed by atoms with Gasteiger partial charge >= 0.3 is 5.97 Å². The van der Waals surface area contributed by atoms with Gasteiger partial charge in [0.2, 0.25) is 0 Å². The first-order valence-electron chi connectivity index (χ1n) is 5.85. The van der Waals surface area contributed by atoms with Crippen molar-refractivity contribution in [3.05, 3.63) is 53.6 Å². The van der Waals surface area contributed by atoms with Crippen molar-refractivity contribution in [1.82, 2.24) is 4.98 Å².